The lowest BCUT2D eigenvalue weighted by Crippen LogP contribution is -2.38. The van der Waals surface area contributed by atoms with Crippen LogP contribution in [0.3, 0.4) is 0 Å². The lowest BCUT2D eigenvalue weighted by Gasteiger charge is -2.36. The van der Waals surface area contributed by atoms with E-state index >= 15 is 0 Å². The first-order valence-corrected chi connectivity index (χ1v) is 9.18. The fourth-order valence-electron chi connectivity index (χ4n) is 4.14. The van der Waals surface area contributed by atoms with Crippen LogP contribution in [0.2, 0.25) is 0 Å². The number of hydrogen-bond acceptors (Lipinski definition) is 6. The van der Waals surface area contributed by atoms with Crippen molar-refractivity contribution < 1.29 is 18.8 Å². The van der Waals surface area contributed by atoms with E-state index in [4.69, 9.17) is 14.0 Å². The fraction of sp³-hybridized carbons (Fsp3) is 0.526. The third-order valence-corrected chi connectivity index (χ3v) is 5.61. The van der Waals surface area contributed by atoms with Crippen molar-refractivity contribution in [3.8, 4) is 5.75 Å². The maximum absolute atomic E-state index is 13.0. The number of methoxy groups -OCH3 is 1. The highest BCUT2D eigenvalue weighted by atomic mass is 16.5. The van der Waals surface area contributed by atoms with Gasteiger partial charge in [-0.25, -0.2) is 4.79 Å². The van der Waals surface area contributed by atoms with Gasteiger partial charge in [0.05, 0.1) is 18.7 Å². The second kappa shape index (κ2) is 7.19. The number of rotatable bonds is 3. The molecule has 144 valence electrons. The SMILES string of the molecule is COc1ccccc1NC(=O)N1CC(c2nc(C)no2)C2(CCOCC2)C1. The Morgan fingerprint density at radius 1 is 1.33 bits per heavy atom. The molecule has 0 saturated carbocycles. The molecule has 2 saturated heterocycles. The number of carbonyl (C=O) groups is 1. The van der Waals surface area contributed by atoms with Gasteiger partial charge in [0.2, 0.25) is 5.89 Å². The van der Waals surface area contributed by atoms with E-state index in [1.807, 2.05) is 36.1 Å². The third-order valence-electron chi connectivity index (χ3n) is 5.61. The van der Waals surface area contributed by atoms with Gasteiger partial charge in [-0.05, 0) is 31.9 Å². The molecular formula is C19H24N4O4. The topological polar surface area (TPSA) is 89.7 Å². The lowest BCUT2D eigenvalue weighted by atomic mass is 9.72. The predicted molar refractivity (Wildman–Crippen MR) is 97.8 cm³/mol. The molecule has 1 unspecified atom stereocenters. The van der Waals surface area contributed by atoms with Crippen LogP contribution >= 0.6 is 0 Å². The molecule has 3 heterocycles. The van der Waals surface area contributed by atoms with Gasteiger partial charge in [0.15, 0.2) is 5.82 Å². The molecule has 8 nitrogen and oxygen atoms in total. The van der Waals surface area contributed by atoms with Gasteiger partial charge in [0, 0.05) is 31.7 Å². The Hall–Kier alpha value is -2.61. The molecule has 2 aromatic rings. The van der Waals surface area contributed by atoms with Crippen molar-refractivity contribution in [3.63, 3.8) is 0 Å². The Kier molecular flexibility index (Phi) is 4.73. The molecule has 0 aliphatic carbocycles. The number of likely N-dealkylation sites (tertiary alicyclic amines) is 1. The summed E-state index contributed by atoms with van der Waals surface area (Å²) in [5, 5.41) is 6.91. The zero-order chi connectivity index (χ0) is 18.9. The Bertz CT molecular complexity index is 816. The maximum Gasteiger partial charge on any atom is 0.321 e. The van der Waals surface area contributed by atoms with Gasteiger partial charge in [-0.3, -0.25) is 0 Å². The number of anilines is 1. The molecule has 1 aromatic heterocycles. The Labute approximate surface area is 157 Å². The predicted octanol–water partition coefficient (Wildman–Crippen LogP) is 2.81. The third kappa shape index (κ3) is 3.37. The van der Waals surface area contributed by atoms with Crippen LogP contribution in [0.25, 0.3) is 0 Å². The van der Waals surface area contributed by atoms with Crippen molar-refractivity contribution in [2.75, 3.05) is 38.7 Å². The molecule has 0 bridgehead atoms. The average Bonchev–Trinajstić information content (AvgIpc) is 3.26. The second-order valence-electron chi connectivity index (χ2n) is 7.22. The smallest absolute Gasteiger partial charge is 0.321 e. The van der Waals surface area contributed by atoms with E-state index in [1.54, 1.807) is 7.11 Å². The van der Waals surface area contributed by atoms with E-state index in [2.05, 4.69) is 15.5 Å². The molecule has 4 rings (SSSR count). The molecule has 1 spiro atoms. The van der Waals surface area contributed by atoms with E-state index in [9.17, 15) is 4.79 Å². The van der Waals surface area contributed by atoms with Gasteiger partial charge in [0.25, 0.3) is 0 Å². The molecule has 0 radical (unpaired) electrons. The van der Waals surface area contributed by atoms with E-state index < -0.39 is 0 Å². The van der Waals surface area contributed by atoms with Crippen LogP contribution in [0.15, 0.2) is 28.8 Å². The standard InChI is InChI=1S/C19H24N4O4/c1-13-20-17(27-22-13)14-11-23(12-19(14)7-9-26-10-8-19)18(24)21-15-5-3-4-6-16(15)25-2/h3-6,14H,7-12H2,1-2H3,(H,21,24). The molecule has 1 N–H and O–H groups in total. The number of aromatic nitrogens is 2. The van der Waals surface area contributed by atoms with Gasteiger partial charge < -0.3 is 24.2 Å². The van der Waals surface area contributed by atoms with Crippen LogP contribution in [0, 0.1) is 12.3 Å². The lowest BCUT2D eigenvalue weighted by molar-refractivity contribution is 0.00959. The molecule has 2 aliphatic rings. The summed E-state index contributed by atoms with van der Waals surface area (Å²) in [6, 6.07) is 7.24. The molecule has 2 amide bonds. The van der Waals surface area contributed by atoms with Crippen molar-refractivity contribution in [1.82, 2.24) is 15.0 Å². The number of hydrogen-bond donors (Lipinski definition) is 1. The Morgan fingerprint density at radius 3 is 2.81 bits per heavy atom. The maximum atomic E-state index is 13.0. The highest BCUT2D eigenvalue weighted by molar-refractivity contribution is 5.91. The minimum atomic E-state index is -0.149. The summed E-state index contributed by atoms with van der Waals surface area (Å²) in [6.07, 6.45) is 1.75. The minimum absolute atomic E-state index is 0.0195. The minimum Gasteiger partial charge on any atom is -0.495 e. The van der Waals surface area contributed by atoms with E-state index in [0.29, 0.717) is 49.5 Å². The summed E-state index contributed by atoms with van der Waals surface area (Å²) in [4.78, 5) is 19.2. The number of amides is 2. The normalized spacial score (nSPS) is 21.4. The van der Waals surface area contributed by atoms with Gasteiger partial charge in [0.1, 0.15) is 5.75 Å². The monoisotopic (exact) mass is 372 g/mol. The summed E-state index contributed by atoms with van der Waals surface area (Å²) in [5.74, 6) is 1.88. The van der Waals surface area contributed by atoms with Crippen LogP contribution in [0.4, 0.5) is 10.5 Å². The number of ether oxygens (including phenoxy) is 2. The molecule has 1 atom stereocenters. The molecule has 27 heavy (non-hydrogen) atoms. The van der Waals surface area contributed by atoms with E-state index in [-0.39, 0.29) is 17.4 Å². The fourth-order valence-corrected chi connectivity index (χ4v) is 4.14. The van der Waals surface area contributed by atoms with Crippen LogP contribution in [0.1, 0.15) is 30.5 Å². The van der Waals surface area contributed by atoms with Gasteiger partial charge >= 0.3 is 6.03 Å². The summed E-state index contributed by atoms with van der Waals surface area (Å²) in [6.45, 7) is 4.37. The summed E-state index contributed by atoms with van der Waals surface area (Å²) < 4.78 is 16.4. The number of nitrogens with zero attached hydrogens (tertiary/aromatic N) is 3. The molecular weight excluding hydrogens is 348 g/mol. The quantitative estimate of drug-likeness (QED) is 0.891. The Balaban J connectivity index is 1.56. The summed E-state index contributed by atoms with van der Waals surface area (Å²) in [5.41, 5.74) is 0.568. The molecule has 1 aromatic carbocycles. The molecule has 2 aliphatic heterocycles. The summed E-state index contributed by atoms with van der Waals surface area (Å²) in [7, 11) is 1.59. The largest absolute Gasteiger partial charge is 0.495 e. The average molecular weight is 372 g/mol. The van der Waals surface area contributed by atoms with Crippen LogP contribution in [0.5, 0.6) is 5.75 Å². The highest BCUT2D eigenvalue weighted by Crippen LogP contribution is 2.49. The van der Waals surface area contributed by atoms with Crippen molar-refractivity contribution in [2.45, 2.75) is 25.7 Å². The van der Waals surface area contributed by atoms with E-state index in [0.717, 1.165) is 12.8 Å². The molecule has 8 heteroatoms. The number of carbonyl (C=O) groups excluding carboxylic acids is 1. The van der Waals surface area contributed by atoms with Crippen molar-refractivity contribution >= 4 is 11.7 Å². The molecule has 2 fully saturated rings. The highest BCUT2D eigenvalue weighted by Gasteiger charge is 2.51. The number of benzene rings is 1. The number of nitrogens with one attached hydrogen (secondary N) is 1. The van der Waals surface area contributed by atoms with Gasteiger partial charge in [-0.15, -0.1) is 0 Å². The first-order valence-electron chi connectivity index (χ1n) is 9.18. The van der Waals surface area contributed by atoms with Crippen LogP contribution in [-0.2, 0) is 4.74 Å². The second-order valence-corrected chi connectivity index (χ2v) is 7.22. The summed E-state index contributed by atoms with van der Waals surface area (Å²) >= 11 is 0. The van der Waals surface area contributed by atoms with Gasteiger partial charge in [-0.1, -0.05) is 17.3 Å². The number of para-hydroxylation sites is 2. The van der Waals surface area contributed by atoms with Gasteiger partial charge in [-0.2, -0.15) is 4.98 Å². The van der Waals surface area contributed by atoms with E-state index in [1.165, 1.54) is 0 Å². The number of aryl methyl sites for hydroxylation is 1. The van der Waals surface area contributed by atoms with Crippen LogP contribution in [-0.4, -0.2) is 54.5 Å². The zero-order valence-corrected chi connectivity index (χ0v) is 15.6. The van der Waals surface area contributed by atoms with Crippen LogP contribution < -0.4 is 10.1 Å². The number of urea groups is 1. The van der Waals surface area contributed by atoms with Crippen molar-refractivity contribution in [3.05, 3.63) is 36.0 Å². The van der Waals surface area contributed by atoms with Crippen molar-refractivity contribution in [1.29, 1.82) is 0 Å². The first kappa shape index (κ1) is 17.8. The Morgan fingerprint density at radius 2 is 2.11 bits per heavy atom. The van der Waals surface area contributed by atoms with Crippen molar-refractivity contribution in [2.24, 2.45) is 5.41 Å². The zero-order valence-electron chi connectivity index (χ0n) is 15.6. The first-order chi connectivity index (χ1) is 13.1.